The highest BCUT2D eigenvalue weighted by Gasteiger charge is 2.31. The second kappa shape index (κ2) is 5.69. The molecule has 102 valence electrons. The van der Waals surface area contributed by atoms with Gasteiger partial charge in [-0.2, -0.15) is 4.31 Å². The third-order valence-electron chi connectivity index (χ3n) is 3.02. The van der Waals surface area contributed by atoms with Crippen LogP contribution >= 0.6 is 11.3 Å². The molecule has 0 bridgehead atoms. The van der Waals surface area contributed by atoms with Gasteiger partial charge in [0.1, 0.15) is 4.21 Å². The Morgan fingerprint density at radius 3 is 2.67 bits per heavy atom. The predicted molar refractivity (Wildman–Crippen MR) is 72.0 cm³/mol. The summed E-state index contributed by atoms with van der Waals surface area (Å²) in [6.45, 7) is 3.10. The standard InChI is InChI=1S/C12H19NO3S2/c1-2-7-13(8-10-3-4-10)18(15,16)12-6-5-11(9-14)17-12/h5-6,10,14H,2-4,7-9H2,1H3. The summed E-state index contributed by atoms with van der Waals surface area (Å²) < 4.78 is 26.9. The summed E-state index contributed by atoms with van der Waals surface area (Å²) in [4.78, 5) is 0.691. The minimum absolute atomic E-state index is 0.101. The number of nitrogens with zero attached hydrogens (tertiary/aromatic N) is 1. The molecule has 0 amide bonds. The van der Waals surface area contributed by atoms with Gasteiger partial charge < -0.3 is 5.11 Å². The fraction of sp³-hybridized carbons (Fsp3) is 0.667. The SMILES string of the molecule is CCCN(CC1CC1)S(=O)(=O)c1ccc(CO)s1. The quantitative estimate of drug-likeness (QED) is 0.836. The van der Waals surface area contributed by atoms with Crippen molar-refractivity contribution in [3.63, 3.8) is 0 Å². The Labute approximate surface area is 112 Å². The molecule has 0 saturated heterocycles. The van der Waals surface area contributed by atoms with Gasteiger partial charge in [0.25, 0.3) is 10.0 Å². The van der Waals surface area contributed by atoms with Crippen molar-refractivity contribution in [2.45, 2.75) is 37.0 Å². The summed E-state index contributed by atoms with van der Waals surface area (Å²) in [5, 5.41) is 9.02. The lowest BCUT2D eigenvalue weighted by molar-refractivity contribution is 0.285. The largest absolute Gasteiger partial charge is 0.391 e. The molecular weight excluding hydrogens is 270 g/mol. The van der Waals surface area contributed by atoms with Gasteiger partial charge in [0.05, 0.1) is 6.61 Å². The van der Waals surface area contributed by atoms with E-state index in [1.165, 1.54) is 0 Å². The Hall–Kier alpha value is -0.430. The first-order chi connectivity index (χ1) is 8.57. The zero-order valence-electron chi connectivity index (χ0n) is 10.5. The van der Waals surface area contributed by atoms with Crippen LogP contribution in [-0.4, -0.2) is 30.9 Å². The highest BCUT2D eigenvalue weighted by Crippen LogP contribution is 2.33. The molecule has 0 unspecified atom stereocenters. The molecule has 0 atom stereocenters. The third kappa shape index (κ3) is 3.12. The molecule has 1 aromatic heterocycles. The monoisotopic (exact) mass is 289 g/mol. The van der Waals surface area contributed by atoms with Crippen molar-refractivity contribution in [2.75, 3.05) is 13.1 Å². The second-order valence-electron chi connectivity index (χ2n) is 4.69. The molecule has 1 fully saturated rings. The number of aliphatic hydroxyl groups excluding tert-OH is 1. The number of hydrogen-bond donors (Lipinski definition) is 1. The Morgan fingerprint density at radius 2 is 2.17 bits per heavy atom. The number of thiophene rings is 1. The van der Waals surface area contributed by atoms with E-state index >= 15 is 0 Å². The van der Waals surface area contributed by atoms with Crippen molar-refractivity contribution in [3.05, 3.63) is 17.0 Å². The molecular formula is C12H19NO3S2. The predicted octanol–water partition coefficient (Wildman–Crippen LogP) is 2.05. The summed E-state index contributed by atoms with van der Waals surface area (Å²) in [5.41, 5.74) is 0. The summed E-state index contributed by atoms with van der Waals surface area (Å²) in [6, 6.07) is 3.28. The maximum absolute atomic E-state index is 12.5. The molecule has 1 aliphatic carbocycles. The molecule has 1 heterocycles. The van der Waals surface area contributed by atoms with E-state index in [-0.39, 0.29) is 6.61 Å². The molecule has 6 heteroatoms. The zero-order chi connectivity index (χ0) is 13.2. The number of aliphatic hydroxyl groups is 1. The van der Waals surface area contributed by atoms with Crippen molar-refractivity contribution in [2.24, 2.45) is 5.92 Å². The molecule has 1 saturated carbocycles. The van der Waals surface area contributed by atoms with Crippen molar-refractivity contribution >= 4 is 21.4 Å². The molecule has 0 aromatic carbocycles. The van der Waals surface area contributed by atoms with Crippen LogP contribution in [0, 0.1) is 5.92 Å². The van der Waals surface area contributed by atoms with Gasteiger partial charge in [0, 0.05) is 18.0 Å². The Kier molecular flexibility index (Phi) is 4.42. The normalized spacial score (nSPS) is 16.4. The van der Waals surface area contributed by atoms with Gasteiger partial charge in [0.2, 0.25) is 0 Å². The van der Waals surface area contributed by atoms with Crippen molar-refractivity contribution in [1.29, 1.82) is 0 Å². The molecule has 18 heavy (non-hydrogen) atoms. The van der Waals surface area contributed by atoms with Crippen LogP contribution in [0.25, 0.3) is 0 Å². The lowest BCUT2D eigenvalue weighted by Crippen LogP contribution is -2.33. The molecule has 1 aliphatic rings. The zero-order valence-corrected chi connectivity index (χ0v) is 12.1. The first-order valence-electron chi connectivity index (χ1n) is 6.27. The molecule has 0 spiro atoms. The highest BCUT2D eigenvalue weighted by molar-refractivity contribution is 7.91. The maximum atomic E-state index is 12.5. The molecule has 0 radical (unpaired) electrons. The lowest BCUT2D eigenvalue weighted by Gasteiger charge is -2.20. The molecule has 4 nitrogen and oxygen atoms in total. The smallest absolute Gasteiger partial charge is 0.252 e. The van der Waals surface area contributed by atoms with Gasteiger partial charge in [-0.15, -0.1) is 11.3 Å². The molecule has 0 aliphatic heterocycles. The van der Waals surface area contributed by atoms with E-state index in [2.05, 4.69) is 0 Å². The van der Waals surface area contributed by atoms with Gasteiger partial charge in [0.15, 0.2) is 0 Å². The van der Waals surface area contributed by atoms with Crippen molar-refractivity contribution < 1.29 is 13.5 Å². The molecule has 1 aromatic rings. The van der Waals surface area contributed by atoms with Gasteiger partial charge >= 0.3 is 0 Å². The van der Waals surface area contributed by atoms with E-state index in [0.29, 0.717) is 28.1 Å². The minimum atomic E-state index is -3.37. The molecule has 1 N–H and O–H groups in total. The van der Waals surface area contributed by atoms with Crippen LogP contribution in [0.5, 0.6) is 0 Å². The van der Waals surface area contributed by atoms with E-state index in [1.54, 1.807) is 16.4 Å². The van der Waals surface area contributed by atoms with Crippen LogP contribution in [-0.2, 0) is 16.6 Å². The fourth-order valence-electron chi connectivity index (χ4n) is 1.86. The van der Waals surface area contributed by atoms with Crippen LogP contribution in [0.4, 0.5) is 0 Å². The highest BCUT2D eigenvalue weighted by atomic mass is 32.2. The van der Waals surface area contributed by atoms with E-state index in [1.807, 2.05) is 6.92 Å². The summed E-state index contributed by atoms with van der Waals surface area (Å²) >= 11 is 1.16. The fourth-order valence-corrected chi connectivity index (χ4v) is 4.83. The minimum Gasteiger partial charge on any atom is -0.391 e. The second-order valence-corrected chi connectivity index (χ2v) is 8.02. The summed E-state index contributed by atoms with van der Waals surface area (Å²) in [5.74, 6) is 0.545. The Morgan fingerprint density at radius 1 is 1.44 bits per heavy atom. The van der Waals surface area contributed by atoms with Crippen LogP contribution < -0.4 is 0 Å². The topological polar surface area (TPSA) is 57.6 Å². The average Bonchev–Trinajstić information content (AvgIpc) is 3.02. The van der Waals surface area contributed by atoms with Gasteiger partial charge in [-0.3, -0.25) is 0 Å². The maximum Gasteiger partial charge on any atom is 0.252 e. The van der Waals surface area contributed by atoms with Crippen LogP contribution in [0.1, 0.15) is 31.1 Å². The summed E-state index contributed by atoms with van der Waals surface area (Å²) in [7, 11) is -3.37. The van der Waals surface area contributed by atoms with Crippen molar-refractivity contribution in [1.82, 2.24) is 4.31 Å². The number of rotatable bonds is 7. The van der Waals surface area contributed by atoms with Gasteiger partial charge in [-0.1, -0.05) is 6.92 Å². The van der Waals surface area contributed by atoms with Crippen LogP contribution in [0.15, 0.2) is 16.3 Å². The Bertz CT molecular complexity index is 491. The van der Waals surface area contributed by atoms with E-state index in [4.69, 9.17) is 5.11 Å². The van der Waals surface area contributed by atoms with Crippen LogP contribution in [0.3, 0.4) is 0 Å². The summed E-state index contributed by atoms with van der Waals surface area (Å²) in [6.07, 6.45) is 3.11. The third-order valence-corrected chi connectivity index (χ3v) is 6.42. The van der Waals surface area contributed by atoms with E-state index in [9.17, 15) is 8.42 Å². The first-order valence-corrected chi connectivity index (χ1v) is 8.53. The number of hydrogen-bond acceptors (Lipinski definition) is 4. The van der Waals surface area contributed by atoms with Crippen molar-refractivity contribution in [3.8, 4) is 0 Å². The number of sulfonamides is 1. The average molecular weight is 289 g/mol. The van der Waals surface area contributed by atoms with Gasteiger partial charge in [-0.05, 0) is 37.3 Å². The first kappa shape index (κ1) is 14.0. The van der Waals surface area contributed by atoms with Gasteiger partial charge in [-0.25, -0.2) is 8.42 Å². The van der Waals surface area contributed by atoms with E-state index in [0.717, 1.165) is 30.6 Å². The van der Waals surface area contributed by atoms with E-state index < -0.39 is 10.0 Å². The molecule has 2 rings (SSSR count). The lowest BCUT2D eigenvalue weighted by atomic mass is 10.4. The van der Waals surface area contributed by atoms with Crippen LogP contribution in [0.2, 0.25) is 0 Å². The Balaban J connectivity index is 2.19.